The lowest BCUT2D eigenvalue weighted by Gasteiger charge is -2.12. The molecule has 0 aliphatic heterocycles. The number of hydrogen-bond donors (Lipinski definition) is 0. The molecule has 0 unspecified atom stereocenters. The van der Waals surface area contributed by atoms with E-state index in [9.17, 15) is 0 Å². The van der Waals surface area contributed by atoms with Gasteiger partial charge in [-0.05, 0) is 36.8 Å². The zero-order valence-electron chi connectivity index (χ0n) is 13.3. The Bertz CT molecular complexity index is 480. The Morgan fingerprint density at radius 1 is 0.652 bits per heavy atom. The van der Waals surface area contributed by atoms with Crippen LogP contribution in [0.15, 0.2) is 60.7 Å². The fraction of sp³-hybridized carbons (Fsp3) is 0.400. The van der Waals surface area contributed by atoms with E-state index in [2.05, 4.69) is 92.5 Å². The molecule has 2 atom stereocenters. The van der Waals surface area contributed by atoms with E-state index in [1.807, 2.05) is 0 Å². The summed E-state index contributed by atoms with van der Waals surface area (Å²) < 4.78 is 5.79. The van der Waals surface area contributed by atoms with Gasteiger partial charge in [-0.3, -0.25) is 0 Å². The third-order valence-corrected chi connectivity index (χ3v) is 5.31. The minimum Gasteiger partial charge on any atom is -0.381 e. The van der Waals surface area contributed by atoms with Crippen LogP contribution >= 0.6 is 31.9 Å². The Labute approximate surface area is 156 Å². The van der Waals surface area contributed by atoms with Crippen molar-refractivity contribution in [3.05, 3.63) is 71.8 Å². The Balaban J connectivity index is 1.53. The van der Waals surface area contributed by atoms with Gasteiger partial charge in [0.2, 0.25) is 0 Å². The van der Waals surface area contributed by atoms with Gasteiger partial charge in [-0.2, -0.15) is 0 Å². The molecule has 0 aliphatic rings. The van der Waals surface area contributed by atoms with Crippen LogP contribution in [-0.4, -0.2) is 22.9 Å². The third-order valence-electron chi connectivity index (χ3n) is 3.75. The molecule has 2 aromatic rings. The summed E-state index contributed by atoms with van der Waals surface area (Å²) in [6.45, 7) is 1.63. The third kappa shape index (κ3) is 8.14. The quantitative estimate of drug-likeness (QED) is 0.336. The summed E-state index contributed by atoms with van der Waals surface area (Å²) in [7, 11) is 0. The van der Waals surface area contributed by atoms with Crippen LogP contribution in [0, 0.1) is 0 Å². The molecule has 0 bridgehead atoms. The molecule has 2 aromatic carbocycles. The van der Waals surface area contributed by atoms with E-state index in [0.29, 0.717) is 9.65 Å². The predicted molar refractivity (Wildman–Crippen MR) is 106 cm³/mol. The number of ether oxygens (including phenoxy) is 1. The Morgan fingerprint density at radius 3 is 1.43 bits per heavy atom. The fourth-order valence-corrected chi connectivity index (χ4v) is 3.59. The van der Waals surface area contributed by atoms with Crippen LogP contribution in [0.25, 0.3) is 0 Å². The summed E-state index contributed by atoms with van der Waals surface area (Å²) in [6.07, 6.45) is 4.19. The zero-order chi connectivity index (χ0) is 16.3. The molecule has 0 fully saturated rings. The topological polar surface area (TPSA) is 9.23 Å². The minimum absolute atomic E-state index is 0.481. The molecule has 0 radical (unpaired) electrons. The maximum absolute atomic E-state index is 5.79. The first-order valence-corrected chi connectivity index (χ1v) is 10.0. The number of rotatable bonds is 10. The van der Waals surface area contributed by atoms with Crippen molar-refractivity contribution in [3.63, 3.8) is 0 Å². The molecule has 0 saturated heterocycles. The second kappa shape index (κ2) is 11.0. The average Bonchev–Trinajstić information content (AvgIpc) is 2.56. The predicted octanol–water partition coefficient (Wildman–Crippen LogP) is 5.80. The lowest BCUT2D eigenvalue weighted by molar-refractivity contribution is 0.129. The van der Waals surface area contributed by atoms with Crippen molar-refractivity contribution < 1.29 is 4.74 Å². The maximum Gasteiger partial charge on any atom is 0.0476 e. The standard InChI is InChI=1S/C20H24Br2O/c21-19(15-17-7-3-1-4-8-17)11-13-23-14-12-20(22)16-18-9-5-2-6-10-18/h1-10,19-20H,11-16H2/t19-,20+. The Kier molecular flexibility index (Phi) is 8.95. The molecule has 0 spiro atoms. The summed E-state index contributed by atoms with van der Waals surface area (Å²) in [5.74, 6) is 0. The SMILES string of the molecule is Br[C@H](CCOCC[C@H](Br)Cc1ccccc1)Cc1ccccc1. The van der Waals surface area contributed by atoms with Crippen LogP contribution in [0.1, 0.15) is 24.0 Å². The molecule has 0 aromatic heterocycles. The highest BCUT2D eigenvalue weighted by Crippen LogP contribution is 2.15. The van der Waals surface area contributed by atoms with Crippen molar-refractivity contribution in [2.45, 2.75) is 35.3 Å². The van der Waals surface area contributed by atoms with Crippen LogP contribution in [0.5, 0.6) is 0 Å². The van der Waals surface area contributed by atoms with Crippen molar-refractivity contribution >= 4 is 31.9 Å². The normalized spacial score (nSPS) is 13.7. The van der Waals surface area contributed by atoms with Gasteiger partial charge in [0.05, 0.1) is 0 Å². The molecule has 0 aliphatic carbocycles. The van der Waals surface area contributed by atoms with Gasteiger partial charge >= 0.3 is 0 Å². The molecule has 2 rings (SSSR count). The number of halogens is 2. The Hall–Kier alpha value is -0.640. The van der Waals surface area contributed by atoms with Gasteiger partial charge in [-0.25, -0.2) is 0 Å². The van der Waals surface area contributed by atoms with Crippen molar-refractivity contribution in [2.75, 3.05) is 13.2 Å². The molecule has 0 amide bonds. The van der Waals surface area contributed by atoms with Crippen molar-refractivity contribution in [2.24, 2.45) is 0 Å². The summed E-state index contributed by atoms with van der Waals surface area (Å²) in [6, 6.07) is 21.2. The highest BCUT2D eigenvalue weighted by atomic mass is 79.9. The van der Waals surface area contributed by atoms with E-state index >= 15 is 0 Å². The Morgan fingerprint density at radius 2 is 1.04 bits per heavy atom. The highest BCUT2D eigenvalue weighted by Gasteiger charge is 2.07. The maximum atomic E-state index is 5.79. The van der Waals surface area contributed by atoms with Gasteiger partial charge in [-0.1, -0.05) is 92.5 Å². The second-order valence-corrected chi connectivity index (χ2v) is 8.35. The molecule has 3 heteroatoms. The first kappa shape index (κ1) is 18.7. The van der Waals surface area contributed by atoms with E-state index in [-0.39, 0.29) is 0 Å². The first-order chi connectivity index (χ1) is 11.2. The second-order valence-electron chi connectivity index (χ2n) is 5.76. The minimum atomic E-state index is 0.481. The van der Waals surface area contributed by atoms with E-state index in [0.717, 1.165) is 38.9 Å². The summed E-state index contributed by atoms with van der Waals surface area (Å²) in [4.78, 5) is 0.961. The van der Waals surface area contributed by atoms with Crippen LogP contribution in [0.2, 0.25) is 0 Å². The highest BCUT2D eigenvalue weighted by molar-refractivity contribution is 9.09. The van der Waals surface area contributed by atoms with Crippen molar-refractivity contribution in [3.8, 4) is 0 Å². The summed E-state index contributed by atoms with van der Waals surface area (Å²) >= 11 is 7.50. The molecule has 23 heavy (non-hydrogen) atoms. The molecule has 0 heterocycles. The van der Waals surface area contributed by atoms with Gasteiger partial charge < -0.3 is 4.74 Å². The monoisotopic (exact) mass is 438 g/mol. The van der Waals surface area contributed by atoms with E-state index < -0.39 is 0 Å². The number of alkyl halides is 2. The van der Waals surface area contributed by atoms with Crippen molar-refractivity contribution in [1.82, 2.24) is 0 Å². The van der Waals surface area contributed by atoms with E-state index in [4.69, 9.17) is 4.74 Å². The first-order valence-electron chi connectivity index (χ1n) is 8.18. The molecule has 0 saturated carbocycles. The fourth-order valence-electron chi connectivity index (χ4n) is 2.47. The number of hydrogen-bond acceptors (Lipinski definition) is 1. The van der Waals surface area contributed by atoms with Crippen molar-refractivity contribution in [1.29, 1.82) is 0 Å². The van der Waals surface area contributed by atoms with Gasteiger partial charge in [0.15, 0.2) is 0 Å². The van der Waals surface area contributed by atoms with Gasteiger partial charge in [0.25, 0.3) is 0 Å². The van der Waals surface area contributed by atoms with Gasteiger partial charge in [0.1, 0.15) is 0 Å². The molecular formula is C20H24Br2O. The number of benzene rings is 2. The summed E-state index contributed by atoms with van der Waals surface area (Å²) in [5, 5.41) is 0. The molecular weight excluding hydrogens is 416 g/mol. The molecule has 1 nitrogen and oxygen atoms in total. The van der Waals surface area contributed by atoms with Crippen LogP contribution in [0.4, 0.5) is 0 Å². The van der Waals surface area contributed by atoms with E-state index in [1.54, 1.807) is 0 Å². The van der Waals surface area contributed by atoms with Crippen LogP contribution in [0.3, 0.4) is 0 Å². The van der Waals surface area contributed by atoms with Gasteiger partial charge in [-0.15, -0.1) is 0 Å². The van der Waals surface area contributed by atoms with E-state index in [1.165, 1.54) is 11.1 Å². The van der Waals surface area contributed by atoms with Gasteiger partial charge in [0, 0.05) is 22.9 Å². The lowest BCUT2D eigenvalue weighted by atomic mass is 10.1. The summed E-state index contributed by atoms with van der Waals surface area (Å²) in [5.41, 5.74) is 2.75. The van der Waals surface area contributed by atoms with Crippen LogP contribution in [-0.2, 0) is 17.6 Å². The smallest absolute Gasteiger partial charge is 0.0476 e. The lowest BCUT2D eigenvalue weighted by Crippen LogP contribution is -2.11. The average molecular weight is 440 g/mol. The largest absolute Gasteiger partial charge is 0.381 e. The van der Waals surface area contributed by atoms with Crippen LogP contribution < -0.4 is 0 Å². The molecule has 0 N–H and O–H groups in total. The molecule has 124 valence electrons. The zero-order valence-corrected chi connectivity index (χ0v) is 16.5.